The van der Waals surface area contributed by atoms with E-state index in [1.54, 1.807) is 0 Å². The molecule has 0 N–H and O–H groups in total. The Hall–Kier alpha value is -0.555. The van der Waals surface area contributed by atoms with Crippen molar-refractivity contribution in [3.8, 4) is 5.97 Å². The van der Waals surface area contributed by atoms with E-state index < -0.39 is 0 Å². The molecule has 0 aliphatic rings. The van der Waals surface area contributed by atoms with E-state index in [-0.39, 0.29) is 7.56 Å². The summed E-state index contributed by atoms with van der Waals surface area (Å²) in [5, 5.41) is 7.19. The molecule has 0 aromatic rings. The van der Waals surface area contributed by atoms with Gasteiger partial charge in [0.25, 0.3) is 0 Å². The minimum Gasteiger partial charge on any atom is -0.319 e. The standard InChI is InChI=1S/C13H29N.CBFN/c1-4-5-6-7-8-9-10-11-12-13-14(2)3;3-2-1-4/h4-13H2,1-3H3;/i;3-1. The molecule has 18 heavy (non-hydrogen) atoms. The third-order valence-electron chi connectivity index (χ3n) is 2.76. The van der Waals surface area contributed by atoms with E-state index in [0.717, 1.165) is 5.97 Å². The van der Waals surface area contributed by atoms with Crippen molar-refractivity contribution in [2.24, 2.45) is 0 Å². The maximum Gasteiger partial charge on any atom is 0.483 e. The highest BCUT2D eigenvalue weighted by atomic mass is 18.1. The first-order valence-corrected chi connectivity index (χ1v) is 7.15. The molecule has 0 rings (SSSR count). The van der Waals surface area contributed by atoms with Crippen molar-refractivity contribution in [1.29, 1.82) is 5.26 Å². The SMILES string of the molecule is CCCCCCCCCCCN(C)C.N#C[B][18F]. The van der Waals surface area contributed by atoms with E-state index in [4.69, 9.17) is 5.26 Å². The summed E-state index contributed by atoms with van der Waals surface area (Å²) >= 11 is 0. The van der Waals surface area contributed by atoms with Crippen LogP contribution in [0.4, 0.5) is 4.32 Å². The van der Waals surface area contributed by atoms with Gasteiger partial charge in [-0.25, -0.2) is 5.26 Å². The third kappa shape index (κ3) is 24.6. The smallest absolute Gasteiger partial charge is 0.319 e. The van der Waals surface area contributed by atoms with E-state index in [1.807, 2.05) is 0 Å². The number of hydrogen-bond donors (Lipinski definition) is 0. The van der Waals surface area contributed by atoms with Gasteiger partial charge >= 0.3 is 7.56 Å². The molecular weight excluding hydrogens is 225 g/mol. The summed E-state index contributed by atoms with van der Waals surface area (Å²) < 4.78 is 10.2. The number of nitriles is 1. The third-order valence-corrected chi connectivity index (χ3v) is 2.76. The molecule has 105 valence electrons. The van der Waals surface area contributed by atoms with Gasteiger partial charge in [0.1, 0.15) is 0 Å². The second-order valence-corrected chi connectivity index (χ2v) is 4.87. The molecular formula is C14H29BFN2. The predicted octanol–water partition coefficient (Wildman–Crippen LogP) is 4.13. The molecule has 4 heteroatoms. The van der Waals surface area contributed by atoms with E-state index in [9.17, 15) is 4.32 Å². The fourth-order valence-electron chi connectivity index (χ4n) is 1.74. The molecule has 0 saturated carbocycles. The average molecular weight is 254 g/mol. The van der Waals surface area contributed by atoms with Crippen LogP contribution in [0.5, 0.6) is 0 Å². The molecule has 0 amide bonds. The molecule has 0 saturated heterocycles. The Labute approximate surface area is 114 Å². The van der Waals surface area contributed by atoms with Crippen LogP contribution in [0.2, 0.25) is 0 Å². The minimum absolute atomic E-state index is 0.0694. The number of rotatable bonds is 10. The van der Waals surface area contributed by atoms with Crippen molar-refractivity contribution >= 4 is 7.56 Å². The summed E-state index contributed by atoms with van der Waals surface area (Å²) in [4.78, 5) is 2.28. The summed E-state index contributed by atoms with van der Waals surface area (Å²) in [6.07, 6.45) is 12.9. The second-order valence-electron chi connectivity index (χ2n) is 4.87. The Morgan fingerprint density at radius 1 is 0.944 bits per heavy atom. The fourth-order valence-corrected chi connectivity index (χ4v) is 1.74. The van der Waals surface area contributed by atoms with Crippen LogP contribution in [0, 0.1) is 11.2 Å². The Bertz CT molecular complexity index is 181. The van der Waals surface area contributed by atoms with E-state index in [1.165, 1.54) is 64.3 Å². The van der Waals surface area contributed by atoms with Crippen LogP contribution in [0.1, 0.15) is 64.7 Å². The van der Waals surface area contributed by atoms with Crippen LogP contribution in [0.15, 0.2) is 0 Å². The first-order valence-electron chi connectivity index (χ1n) is 7.15. The van der Waals surface area contributed by atoms with E-state index in [2.05, 4.69) is 25.9 Å². The lowest BCUT2D eigenvalue weighted by Gasteiger charge is -2.08. The monoisotopic (exact) mass is 254 g/mol. The number of hydrogen-bond acceptors (Lipinski definition) is 2. The molecule has 1 radical (unpaired) electrons. The molecule has 0 unspecified atom stereocenters. The fraction of sp³-hybridized carbons (Fsp3) is 0.929. The zero-order valence-electron chi connectivity index (χ0n) is 12.4. The molecule has 0 fully saturated rings. The average Bonchev–Trinajstić information content (AvgIpc) is 2.37. The number of halogens is 1. The Morgan fingerprint density at radius 2 is 1.33 bits per heavy atom. The largest absolute Gasteiger partial charge is 0.483 e. The van der Waals surface area contributed by atoms with Crippen LogP contribution < -0.4 is 0 Å². The molecule has 0 atom stereocenters. The highest BCUT2D eigenvalue weighted by Gasteiger charge is 1.92. The maximum absolute atomic E-state index is 10.2. The van der Waals surface area contributed by atoms with Gasteiger partial charge in [-0.05, 0) is 27.1 Å². The molecule has 0 aliphatic carbocycles. The normalized spacial score (nSPS) is 9.56. The summed E-state index contributed by atoms with van der Waals surface area (Å²) in [6, 6.07) is 0. The zero-order chi connectivity index (χ0) is 14.1. The summed E-state index contributed by atoms with van der Waals surface area (Å²) in [5.74, 6) is 1.14. The Balaban J connectivity index is 0. The lowest BCUT2D eigenvalue weighted by molar-refractivity contribution is 0.389. The van der Waals surface area contributed by atoms with Crippen molar-refractivity contribution < 1.29 is 4.32 Å². The van der Waals surface area contributed by atoms with Crippen molar-refractivity contribution in [3.63, 3.8) is 0 Å². The first kappa shape index (κ1) is 19.8. The van der Waals surface area contributed by atoms with Crippen molar-refractivity contribution in [1.82, 2.24) is 4.90 Å². The van der Waals surface area contributed by atoms with Crippen LogP contribution in [0.3, 0.4) is 0 Å². The molecule has 0 aromatic heterocycles. The molecule has 0 aliphatic heterocycles. The van der Waals surface area contributed by atoms with E-state index in [0.29, 0.717) is 0 Å². The quantitative estimate of drug-likeness (QED) is 0.433. The first-order chi connectivity index (χ1) is 8.68. The van der Waals surface area contributed by atoms with Gasteiger partial charge in [0.05, 0.1) is 0 Å². The van der Waals surface area contributed by atoms with Crippen molar-refractivity contribution in [2.45, 2.75) is 64.7 Å². The second kappa shape index (κ2) is 18.8. The highest BCUT2D eigenvalue weighted by molar-refractivity contribution is 6.36. The van der Waals surface area contributed by atoms with Gasteiger partial charge in [-0.2, -0.15) is 0 Å². The van der Waals surface area contributed by atoms with Crippen molar-refractivity contribution in [2.75, 3.05) is 20.6 Å². The van der Waals surface area contributed by atoms with Crippen LogP contribution in [-0.2, 0) is 0 Å². The zero-order valence-corrected chi connectivity index (χ0v) is 12.4. The van der Waals surface area contributed by atoms with Gasteiger partial charge in [-0.3, -0.25) is 0 Å². The lowest BCUT2D eigenvalue weighted by Crippen LogP contribution is -2.12. The molecule has 0 aromatic carbocycles. The van der Waals surface area contributed by atoms with Gasteiger partial charge in [0, 0.05) is 5.97 Å². The Kier molecular flexibility index (Phi) is 20.7. The number of nitrogens with zero attached hydrogens (tertiary/aromatic N) is 2. The maximum atomic E-state index is 10.2. The van der Waals surface area contributed by atoms with Gasteiger partial charge < -0.3 is 9.22 Å². The summed E-state index contributed by atoms with van der Waals surface area (Å²) in [7, 11) is 4.25. The predicted molar refractivity (Wildman–Crippen MR) is 78.3 cm³/mol. The molecule has 2 nitrogen and oxygen atoms in total. The summed E-state index contributed by atoms with van der Waals surface area (Å²) in [5.41, 5.74) is 0. The minimum atomic E-state index is -0.0694. The lowest BCUT2D eigenvalue weighted by atomic mass is 10.1. The number of unbranched alkanes of at least 4 members (excludes halogenated alkanes) is 8. The van der Waals surface area contributed by atoms with Gasteiger partial charge in [-0.15, -0.1) is 0 Å². The molecule has 0 heterocycles. The topological polar surface area (TPSA) is 27.0 Å². The highest BCUT2D eigenvalue weighted by Crippen LogP contribution is 2.09. The van der Waals surface area contributed by atoms with Gasteiger partial charge in [0.15, 0.2) is 0 Å². The van der Waals surface area contributed by atoms with Crippen LogP contribution in [0.25, 0.3) is 0 Å². The van der Waals surface area contributed by atoms with Gasteiger partial charge in [-0.1, -0.05) is 58.3 Å². The van der Waals surface area contributed by atoms with Gasteiger partial charge in [0.2, 0.25) is 0 Å². The van der Waals surface area contributed by atoms with Crippen LogP contribution >= 0.6 is 0 Å². The molecule has 0 spiro atoms. The van der Waals surface area contributed by atoms with E-state index >= 15 is 0 Å². The van der Waals surface area contributed by atoms with Crippen LogP contribution in [-0.4, -0.2) is 33.1 Å². The molecule has 0 bridgehead atoms. The van der Waals surface area contributed by atoms with Crippen molar-refractivity contribution in [3.05, 3.63) is 0 Å². The summed E-state index contributed by atoms with van der Waals surface area (Å²) in [6.45, 7) is 3.54. The Morgan fingerprint density at radius 3 is 1.67 bits per heavy atom.